The number of thiazole rings is 1. The molecule has 2 rings (SSSR count). The maximum Gasteiger partial charge on any atom is 0.310 e. The quantitative estimate of drug-likeness (QED) is 0.842. The third-order valence-corrected chi connectivity index (χ3v) is 3.79. The van der Waals surface area contributed by atoms with Crippen LogP contribution in [0.2, 0.25) is 0 Å². The smallest absolute Gasteiger partial charge is 0.310 e. The lowest BCUT2D eigenvalue weighted by molar-refractivity contribution is -0.150. The Labute approximate surface area is 105 Å². The van der Waals surface area contributed by atoms with Crippen molar-refractivity contribution in [3.05, 3.63) is 11.1 Å². The van der Waals surface area contributed by atoms with Gasteiger partial charge in [0.05, 0.1) is 11.6 Å². The molecule has 1 aromatic heterocycles. The average molecular weight is 254 g/mol. The fourth-order valence-electron chi connectivity index (χ4n) is 2.34. The largest absolute Gasteiger partial charge is 0.453 e. The third-order valence-electron chi connectivity index (χ3n) is 3.11. The van der Waals surface area contributed by atoms with Crippen LogP contribution in [0.4, 0.5) is 5.13 Å². The molecule has 94 valence electrons. The van der Waals surface area contributed by atoms with E-state index >= 15 is 0 Å². The van der Waals surface area contributed by atoms with Crippen LogP contribution in [0.15, 0.2) is 5.38 Å². The third kappa shape index (κ3) is 2.44. The number of nitrogen functional groups attached to an aromatic ring is 1. The summed E-state index contributed by atoms with van der Waals surface area (Å²) in [6, 6.07) is 0. The van der Waals surface area contributed by atoms with Crippen LogP contribution < -0.4 is 5.73 Å². The molecule has 0 bridgehead atoms. The fraction of sp³-hybridized carbons (Fsp3) is 0.667. The molecule has 1 saturated heterocycles. The number of ether oxygens (including phenoxy) is 1. The van der Waals surface area contributed by atoms with Crippen molar-refractivity contribution in [3.8, 4) is 0 Å². The van der Waals surface area contributed by atoms with Crippen LogP contribution in [0.3, 0.4) is 0 Å². The Kier molecular flexibility index (Phi) is 3.12. The zero-order valence-corrected chi connectivity index (χ0v) is 11.2. The van der Waals surface area contributed by atoms with E-state index in [9.17, 15) is 4.79 Å². The maximum absolute atomic E-state index is 11.8. The number of carbonyl (C=O) groups excluding carboxylic acids is 1. The van der Waals surface area contributed by atoms with E-state index in [1.165, 1.54) is 11.3 Å². The van der Waals surface area contributed by atoms with E-state index in [2.05, 4.69) is 18.8 Å². The number of esters is 1. The normalized spacial score (nSPS) is 28.7. The SMILES string of the molecule is CC(C)C[C@@H]1C[C@](C)(c2csc(N)n2)OC1=O. The van der Waals surface area contributed by atoms with E-state index in [-0.39, 0.29) is 11.9 Å². The minimum Gasteiger partial charge on any atom is -0.453 e. The summed E-state index contributed by atoms with van der Waals surface area (Å²) < 4.78 is 5.51. The van der Waals surface area contributed by atoms with E-state index in [0.717, 1.165) is 12.1 Å². The van der Waals surface area contributed by atoms with Crippen molar-refractivity contribution >= 4 is 22.4 Å². The molecule has 1 aliphatic rings. The second kappa shape index (κ2) is 4.29. The standard InChI is InChI=1S/C12H18N2O2S/c1-7(2)4-8-5-12(3,16-10(8)15)9-6-17-11(13)14-9/h6-8H,4-5H2,1-3H3,(H2,13,14)/t8-,12-/m1/s1. The van der Waals surface area contributed by atoms with Gasteiger partial charge in [0.15, 0.2) is 10.7 Å². The Hall–Kier alpha value is -1.10. The monoisotopic (exact) mass is 254 g/mol. The summed E-state index contributed by atoms with van der Waals surface area (Å²) in [5, 5.41) is 2.39. The van der Waals surface area contributed by atoms with Crippen molar-refractivity contribution in [2.45, 2.75) is 39.2 Å². The summed E-state index contributed by atoms with van der Waals surface area (Å²) in [7, 11) is 0. The highest BCUT2D eigenvalue weighted by atomic mass is 32.1. The first-order chi connectivity index (χ1) is 7.90. The van der Waals surface area contributed by atoms with Crippen LogP contribution in [0.25, 0.3) is 0 Å². The lowest BCUT2D eigenvalue weighted by Gasteiger charge is -2.19. The molecule has 0 aromatic carbocycles. The molecule has 0 amide bonds. The van der Waals surface area contributed by atoms with Gasteiger partial charge in [-0.25, -0.2) is 4.98 Å². The second-order valence-electron chi connectivity index (χ2n) is 5.25. The summed E-state index contributed by atoms with van der Waals surface area (Å²) in [6.45, 7) is 6.15. The number of anilines is 1. The highest BCUT2D eigenvalue weighted by molar-refractivity contribution is 7.13. The molecule has 2 heterocycles. The number of aromatic nitrogens is 1. The van der Waals surface area contributed by atoms with Gasteiger partial charge in [-0.2, -0.15) is 0 Å². The molecule has 1 aliphatic heterocycles. The summed E-state index contributed by atoms with van der Waals surface area (Å²) >= 11 is 1.38. The van der Waals surface area contributed by atoms with Crippen LogP contribution in [-0.4, -0.2) is 11.0 Å². The molecule has 0 radical (unpaired) electrons. The number of nitrogens with two attached hydrogens (primary N) is 1. The first-order valence-corrected chi connectivity index (χ1v) is 6.73. The van der Waals surface area contributed by atoms with Crippen molar-refractivity contribution in [2.75, 3.05) is 5.73 Å². The molecule has 1 fully saturated rings. The maximum atomic E-state index is 11.8. The molecule has 17 heavy (non-hydrogen) atoms. The number of cyclic esters (lactones) is 1. The molecular formula is C12H18N2O2S. The molecular weight excluding hydrogens is 236 g/mol. The molecule has 4 nitrogen and oxygen atoms in total. The zero-order valence-electron chi connectivity index (χ0n) is 10.4. The summed E-state index contributed by atoms with van der Waals surface area (Å²) in [5.74, 6) is 0.381. The Morgan fingerprint density at radius 1 is 1.71 bits per heavy atom. The summed E-state index contributed by atoms with van der Waals surface area (Å²) in [4.78, 5) is 16.1. The lowest BCUT2D eigenvalue weighted by atomic mass is 9.88. The van der Waals surface area contributed by atoms with Crippen LogP contribution in [0.5, 0.6) is 0 Å². The Bertz CT molecular complexity index is 430. The van der Waals surface area contributed by atoms with Crippen molar-refractivity contribution < 1.29 is 9.53 Å². The van der Waals surface area contributed by atoms with E-state index in [1.54, 1.807) is 0 Å². The summed E-state index contributed by atoms with van der Waals surface area (Å²) in [5.41, 5.74) is 5.81. The number of hydrogen-bond acceptors (Lipinski definition) is 5. The lowest BCUT2D eigenvalue weighted by Crippen LogP contribution is -2.21. The van der Waals surface area contributed by atoms with E-state index in [1.807, 2.05) is 12.3 Å². The van der Waals surface area contributed by atoms with Gasteiger partial charge in [0.2, 0.25) is 0 Å². The Balaban J connectivity index is 2.16. The fourth-order valence-corrected chi connectivity index (χ4v) is 3.02. The predicted molar refractivity (Wildman–Crippen MR) is 67.5 cm³/mol. The number of carbonyl (C=O) groups is 1. The van der Waals surface area contributed by atoms with Gasteiger partial charge >= 0.3 is 5.97 Å². The number of rotatable bonds is 3. The molecule has 2 N–H and O–H groups in total. The molecule has 0 unspecified atom stereocenters. The van der Waals surface area contributed by atoms with Crippen LogP contribution >= 0.6 is 11.3 Å². The van der Waals surface area contributed by atoms with Crippen LogP contribution in [0.1, 0.15) is 39.3 Å². The van der Waals surface area contributed by atoms with Gasteiger partial charge < -0.3 is 10.5 Å². The van der Waals surface area contributed by atoms with Gasteiger partial charge in [-0.3, -0.25) is 4.79 Å². The average Bonchev–Trinajstić information content (AvgIpc) is 2.73. The van der Waals surface area contributed by atoms with Crippen molar-refractivity contribution in [3.63, 3.8) is 0 Å². The Morgan fingerprint density at radius 3 is 2.94 bits per heavy atom. The minimum atomic E-state index is -0.592. The second-order valence-corrected chi connectivity index (χ2v) is 6.14. The van der Waals surface area contributed by atoms with Gasteiger partial charge in [0.1, 0.15) is 0 Å². The molecule has 5 heteroatoms. The number of nitrogens with zero attached hydrogens (tertiary/aromatic N) is 1. The Morgan fingerprint density at radius 2 is 2.41 bits per heavy atom. The van der Waals surface area contributed by atoms with Crippen molar-refractivity contribution in [1.82, 2.24) is 4.98 Å². The minimum absolute atomic E-state index is 0.0112. The molecule has 2 atom stereocenters. The first-order valence-electron chi connectivity index (χ1n) is 5.85. The highest BCUT2D eigenvalue weighted by Crippen LogP contribution is 2.42. The van der Waals surface area contributed by atoms with E-state index in [0.29, 0.717) is 17.5 Å². The predicted octanol–water partition coefficient (Wildman–Crippen LogP) is 2.55. The summed E-state index contributed by atoms with van der Waals surface area (Å²) in [6.07, 6.45) is 1.57. The van der Waals surface area contributed by atoms with Gasteiger partial charge in [-0.15, -0.1) is 11.3 Å². The zero-order chi connectivity index (χ0) is 12.6. The van der Waals surface area contributed by atoms with Gasteiger partial charge in [0.25, 0.3) is 0 Å². The van der Waals surface area contributed by atoms with E-state index < -0.39 is 5.60 Å². The van der Waals surface area contributed by atoms with E-state index in [4.69, 9.17) is 10.5 Å². The first kappa shape index (κ1) is 12.4. The molecule has 0 aliphatic carbocycles. The van der Waals surface area contributed by atoms with Crippen LogP contribution in [-0.2, 0) is 15.1 Å². The molecule has 0 saturated carbocycles. The van der Waals surface area contributed by atoms with Crippen molar-refractivity contribution in [1.29, 1.82) is 0 Å². The van der Waals surface area contributed by atoms with Crippen molar-refractivity contribution in [2.24, 2.45) is 11.8 Å². The van der Waals surface area contributed by atoms with Gasteiger partial charge in [0, 0.05) is 11.8 Å². The van der Waals surface area contributed by atoms with Gasteiger partial charge in [-0.05, 0) is 19.3 Å². The van der Waals surface area contributed by atoms with Gasteiger partial charge in [-0.1, -0.05) is 13.8 Å². The molecule has 1 aromatic rings. The topological polar surface area (TPSA) is 65.2 Å². The highest BCUT2D eigenvalue weighted by Gasteiger charge is 2.45. The number of hydrogen-bond donors (Lipinski definition) is 1. The van der Waals surface area contributed by atoms with Crippen LogP contribution in [0, 0.1) is 11.8 Å². The molecule has 0 spiro atoms.